The van der Waals surface area contributed by atoms with Crippen molar-refractivity contribution < 1.29 is 18.7 Å². The summed E-state index contributed by atoms with van der Waals surface area (Å²) in [6.07, 6.45) is 0.752. The fourth-order valence-corrected chi connectivity index (χ4v) is 2.29. The van der Waals surface area contributed by atoms with E-state index in [2.05, 4.69) is 0 Å². The Bertz CT molecular complexity index is 483. The van der Waals surface area contributed by atoms with Gasteiger partial charge >= 0.3 is 5.97 Å². The van der Waals surface area contributed by atoms with Gasteiger partial charge in [-0.1, -0.05) is 11.6 Å². The molecular weight excluding hydrogens is 285 g/mol. The van der Waals surface area contributed by atoms with Gasteiger partial charge in [-0.3, -0.25) is 0 Å². The molecule has 0 unspecified atom stereocenters. The summed E-state index contributed by atoms with van der Waals surface area (Å²) in [4.78, 5) is 13.2. The number of rotatable bonds is 5. The Morgan fingerprint density at radius 1 is 1.55 bits per heavy atom. The van der Waals surface area contributed by atoms with Crippen LogP contribution >= 0.6 is 11.6 Å². The molecule has 1 aliphatic rings. The number of nitrogens with zero attached hydrogens (tertiary/aromatic N) is 1. The van der Waals surface area contributed by atoms with Crippen LogP contribution < -0.4 is 4.90 Å². The molecule has 1 heterocycles. The monoisotopic (exact) mass is 301 g/mol. The van der Waals surface area contributed by atoms with Gasteiger partial charge in [0.2, 0.25) is 0 Å². The van der Waals surface area contributed by atoms with Crippen LogP contribution in [0, 0.1) is 5.82 Å². The minimum atomic E-state index is -0.431. The van der Waals surface area contributed by atoms with Crippen LogP contribution in [-0.2, 0) is 14.3 Å². The van der Waals surface area contributed by atoms with Crippen molar-refractivity contribution >= 4 is 23.3 Å². The van der Waals surface area contributed by atoms with Crippen LogP contribution in [0.4, 0.5) is 10.1 Å². The Hall–Kier alpha value is -1.33. The minimum Gasteiger partial charge on any atom is -0.464 e. The molecule has 20 heavy (non-hydrogen) atoms. The predicted octanol–water partition coefficient (Wildman–Crippen LogP) is 2.64. The number of halogens is 2. The zero-order chi connectivity index (χ0) is 14.5. The molecule has 0 N–H and O–H groups in total. The molecule has 0 radical (unpaired) electrons. The van der Waals surface area contributed by atoms with Crippen molar-refractivity contribution in [3.05, 3.63) is 29.0 Å². The fraction of sp³-hybridized carbons (Fsp3) is 0.500. The van der Waals surface area contributed by atoms with E-state index in [0.717, 1.165) is 18.7 Å². The summed E-state index contributed by atoms with van der Waals surface area (Å²) < 4.78 is 23.7. The highest BCUT2D eigenvalue weighted by Crippen LogP contribution is 2.25. The highest BCUT2D eigenvalue weighted by Gasteiger charge is 2.24. The number of carbonyl (C=O) groups excluding carboxylic acids is 1. The molecule has 110 valence electrons. The van der Waals surface area contributed by atoms with Crippen molar-refractivity contribution in [2.24, 2.45) is 0 Å². The second-order valence-electron chi connectivity index (χ2n) is 4.57. The lowest BCUT2D eigenvalue weighted by Gasteiger charge is -2.19. The summed E-state index contributed by atoms with van der Waals surface area (Å²) >= 11 is 5.66. The van der Waals surface area contributed by atoms with Crippen molar-refractivity contribution in [2.45, 2.75) is 19.4 Å². The van der Waals surface area contributed by atoms with E-state index in [1.54, 1.807) is 19.1 Å². The van der Waals surface area contributed by atoms with E-state index in [1.807, 2.05) is 4.90 Å². The number of anilines is 1. The van der Waals surface area contributed by atoms with E-state index in [9.17, 15) is 9.18 Å². The van der Waals surface area contributed by atoms with E-state index >= 15 is 0 Å². The average molecular weight is 302 g/mol. The third-order valence-corrected chi connectivity index (χ3v) is 3.46. The summed E-state index contributed by atoms with van der Waals surface area (Å²) in [6.45, 7) is 3.45. The molecular formula is C14H17ClFNO3. The van der Waals surface area contributed by atoms with Crippen molar-refractivity contribution in [2.75, 3.05) is 31.2 Å². The molecule has 1 aromatic rings. The largest absolute Gasteiger partial charge is 0.464 e. The van der Waals surface area contributed by atoms with Crippen LogP contribution in [0.3, 0.4) is 0 Å². The van der Waals surface area contributed by atoms with Gasteiger partial charge in [0.25, 0.3) is 0 Å². The van der Waals surface area contributed by atoms with Gasteiger partial charge in [-0.2, -0.15) is 0 Å². The molecule has 0 bridgehead atoms. The molecule has 1 fully saturated rings. The molecule has 0 aromatic heterocycles. The Kier molecular flexibility index (Phi) is 5.20. The number of hydrogen-bond acceptors (Lipinski definition) is 4. The number of benzene rings is 1. The van der Waals surface area contributed by atoms with E-state index in [1.165, 1.54) is 6.07 Å². The topological polar surface area (TPSA) is 38.8 Å². The van der Waals surface area contributed by atoms with Crippen molar-refractivity contribution in [3.63, 3.8) is 0 Å². The molecule has 0 aliphatic carbocycles. The van der Waals surface area contributed by atoms with Crippen molar-refractivity contribution in [1.82, 2.24) is 0 Å². The number of carbonyl (C=O) groups is 1. The van der Waals surface area contributed by atoms with Gasteiger partial charge in [0.05, 0.1) is 17.7 Å². The first-order valence-corrected chi connectivity index (χ1v) is 6.95. The molecule has 4 nitrogen and oxygen atoms in total. The fourth-order valence-electron chi connectivity index (χ4n) is 2.17. The molecule has 1 aliphatic heterocycles. The van der Waals surface area contributed by atoms with Crippen molar-refractivity contribution in [3.8, 4) is 0 Å². The van der Waals surface area contributed by atoms with Crippen LogP contribution in [0.15, 0.2) is 18.2 Å². The number of esters is 1. The quantitative estimate of drug-likeness (QED) is 0.784. The van der Waals surface area contributed by atoms with Gasteiger partial charge in [0, 0.05) is 18.8 Å². The Morgan fingerprint density at radius 3 is 3.05 bits per heavy atom. The SMILES string of the molecule is CCOC(=O)CO[C@H]1CCN(c2ccc(Cl)c(F)c2)C1. The molecule has 6 heteroatoms. The zero-order valence-electron chi connectivity index (χ0n) is 11.3. The van der Waals surface area contributed by atoms with Gasteiger partial charge in [-0.15, -0.1) is 0 Å². The smallest absolute Gasteiger partial charge is 0.332 e. The van der Waals surface area contributed by atoms with E-state index in [0.29, 0.717) is 13.2 Å². The van der Waals surface area contributed by atoms with Gasteiger partial charge in [-0.25, -0.2) is 9.18 Å². The lowest BCUT2D eigenvalue weighted by Crippen LogP contribution is -2.25. The molecule has 1 saturated heterocycles. The van der Waals surface area contributed by atoms with Crippen LogP contribution in [-0.4, -0.2) is 38.4 Å². The molecule has 0 spiro atoms. The van der Waals surface area contributed by atoms with Crippen molar-refractivity contribution in [1.29, 1.82) is 0 Å². The Balaban J connectivity index is 1.85. The van der Waals surface area contributed by atoms with Gasteiger partial charge in [-0.05, 0) is 31.5 Å². The molecule has 0 saturated carbocycles. The van der Waals surface area contributed by atoms with E-state index < -0.39 is 5.82 Å². The highest BCUT2D eigenvalue weighted by atomic mass is 35.5. The maximum atomic E-state index is 13.4. The zero-order valence-corrected chi connectivity index (χ0v) is 12.0. The molecule has 2 rings (SSSR count). The summed E-state index contributed by atoms with van der Waals surface area (Å²) in [7, 11) is 0. The summed E-state index contributed by atoms with van der Waals surface area (Å²) in [5.41, 5.74) is 0.772. The third kappa shape index (κ3) is 3.84. The summed E-state index contributed by atoms with van der Waals surface area (Å²) in [5.74, 6) is -0.788. The second-order valence-corrected chi connectivity index (χ2v) is 4.98. The van der Waals surface area contributed by atoms with Crippen LogP contribution in [0.25, 0.3) is 0 Å². The first-order valence-electron chi connectivity index (χ1n) is 6.57. The van der Waals surface area contributed by atoms with Gasteiger partial charge < -0.3 is 14.4 Å². The average Bonchev–Trinajstić information content (AvgIpc) is 2.89. The minimum absolute atomic E-state index is 0.0404. The van der Waals surface area contributed by atoms with Crippen LogP contribution in [0.5, 0.6) is 0 Å². The maximum Gasteiger partial charge on any atom is 0.332 e. The highest BCUT2D eigenvalue weighted by molar-refractivity contribution is 6.30. The number of ether oxygens (including phenoxy) is 2. The maximum absolute atomic E-state index is 13.4. The van der Waals surface area contributed by atoms with Gasteiger partial charge in [0.15, 0.2) is 0 Å². The Morgan fingerprint density at radius 2 is 2.35 bits per heavy atom. The predicted molar refractivity (Wildman–Crippen MR) is 74.6 cm³/mol. The summed E-state index contributed by atoms with van der Waals surface area (Å²) in [5, 5.41) is 0.114. The van der Waals surface area contributed by atoms with E-state index in [-0.39, 0.29) is 23.7 Å². The summed E-state index contributed by atoms with van der Waals surface area (Å²) in [6, 6.07) is 4.73. The molecule has 1 aromatic carbocycles. The number of hydrogen-bond donors (Lipinski definition) is 0. The lowest BCUT2D eigenvalue weighted by molar-refractivity contribution is -0.150. The first kappa shape index (κ1) is 15.1. The lowest BCUT2D eigenvalue weighted by atomic mass is 10.3. The Labute approximate surface area is 122 Å². The molecule has 1 atom stereocenters. The third-order valence-electron chi connectivity index (χ3n) is 3.16. The van der Waals surface area contributed by atoms with Crippen LogP contribution in [0.2, 0.25) is 5.02 Å². The normalized spacial score (nSPS) is 18.4. The second kappa shape index (κ2) is 6.90. The van der Waals surface area contributed by atoms with Gasteiger partial charge in [0.1, 0.15) is 12.4 Å². The van der Waals surface area contributed by atoms with Crippen LogP contribution in [0.1, 0.15) is 13.3 Å². The molecule has 0 amide bonds. The standard InChI is InChI=1S/C14H17ClFNO3/c1-2-19-14(18)9-20-11-5-6-17(8-11)10-3-4-12(15)13(16)7-10/h3-4,7,11H,2,5-6,8-9H2,1H3/t11-/m0/s1. The first-order chi connectivity index (χ1) is 9.60. The van der Waals surface area contributed by atoms with E-state index in [4.69, 9.17) is 21.1 Å².